The van der Waals surface area contributed by atoms with Crippen molar-refractivity contribution in [1.29, 1.82) is 0 Å². The molecule has 128 valence electrons. The molecule has 4 nitrogen and oxygen atoms in total. The van der Waals surface area contributed by atoms with Gasteiger partial charge in [0, 0.05) is 13.0 Å². The highest BCUT2D eigenvalue weighted by Gasteiger charge is 2.12. The standard InChI is InChI=1S/C19H28O4/c1-15(2)23-14-6-4-5-7-16(12-13-20)17-8-10-18(11-9-17)19(21)22-3/h8-11,13,15-16H,4-7,12,14H2,1-3H3. The van der Waals surface area contributed by atoms with Gasteiger partial charge in [0.2, 0.25) is 0 Å². The summed E-state index contributed by atoms with van der Waals surface area (Å²) in [6, 6.07) is 7.36. The lowest BCUT2D eigenvalue weighted by molar-refractivity contribution is -0.108. The molecule has 0 N–H and O–H groups in total. The lowest BCUT2D eigenvalue weighted by Crippen LogP contribution is -2.05. The number of hydrogen-bond acceptors (Lipinski definition) is 4. The summed E-state index contributed by atoms with van der Waals surface area (Å²) in [6.07, 6.45) is 5.96. The molecular weight excluding hydrogens is 292 g/mol. The number of aldehydes is 1. The quantitative estimate of drug-likeness (QED) is 0.349. The van der Waals surface area contributed by atoms with E-state index in [9.17, 15) is 9.59 Å². The van der Waals surface area contributed by atoms with Gasteiger partial charge in [-0.3, -0.25) is 0 Å². The first-order chi connectivity index (χ1) is 11.1. The molecule has 1 atom stereocenters. The van der Waals surface area contributed by atoms with Gasteiger partial charge in [0.25, 0.3) is 0 Å². The van der Waals surface area contributed by atoms with E-state index >= 15 is 0 Å². The SMILES string of the molecule is COC(=O)c1ccc(C(CC=O)CCCCCOC(C)C)cc1. The van der Waals surface area contributed by atoms with E-state index in [-0.39, 0.29) is 18.0 Å². The Bertz CT molecular complexity index is 465. The number of carbonyl (C=O) groups excluding carboxylic acids is 2. The van der Waals surface area contributed by atoms with Crippen LogP contribution in [0.15, 0.2) is 24.3 Å². The van der Waals surface area contributed by atoms with Crippen molar-refractivity contribution in [3.63, 3.8) is 0 Å². The Morgan fingerprint density at radius 1 is 1.13 bits per heavy atom. The second-order valence-corrected chi connectivity index (χ2v) is 5.98. The molecule has 1 rings (SSSR count). The van der Waals surface area contributed by atoms with Crippen LogP contribution >= 0.6 is 0 Å². The van der Waals surface area contributed by atoms with Crippen molar-refractivity contribution in [2.45, 2.75) is 58.0 Å². The van der Waals surface area contributed by atoms with Gasteiger partial charge < -0.3 is 14.3 Å². The highest BCUT2D eigenvalue weighted by molar-refractivity contribution is 5.89. The van der Waals surface area contributed by atoms with E-state index in [4.69, 9.17) is 9.47 Å². The maximum Gasteiger partial charge on any atom is 0.337 e. The summed E-state index contributed by atoms with van der Waals surface area (Å²) in [4.78, 5) is 22.4. The third kappa shape index (κ3) is 7.42. The summed E-state index contributed by atoms with van der Waals surface area (Å²) < 4.78 is 10.2. The average Bonchev–Trinajstić information content (AvgIpc) is 2.56. The minimum Gasteiger partial charge on any atom is -0.465 e. The third-order valence-corrected chi connectivity index (χ3v) is 3.83. The van der Waals surface area contributed by atoms with E-state index in [1.54, 1.807) is 12.1 Å². The van der Waals surface area contributed by atoms with Gasteiger partial charge in [-0.15, -0.1) is 0 Å². The first-order valence-electron chi connectivity index (χ1n) is 8.32. The predicted octanol–water partition coefficient (Wildman–Crippen LogP) is 4.13. The molecule has 0 aliphatic carbocycles. The largest absolute Gasteiger partial charge is 0.465 e. The Morgan fingerprint density at radius 2 is 1.83 bits per heavy atom. The van der Waals surface area contributed by atoms with Crippen LogP contribution in [0.5, 0.6) is 0 Å². The Kier molecular flexibility index (Phi) is 9.22. The fourth-order valence-electron chi connectivity index (χ4n) is 2.53. The van der Waals surface area contributed by atoms with Gasteiger partial charge in [-0.2, -0.15) is 0 Å². The number of hydrogen-bond donors (Lipinski definition) is 0. The molecule has 0 saturated carbocycles. The van der Waals surface area contributed by atoms with Crippen LogP contribution in [0.25, 0.3) is 0 Å². The summed E-state index contributed by atoms with van der Waals surface area (Å²) in [5.74, 6) is -0.126. The van der Waals surface area contributed by atoms with Gasteiger partial charge in [-0.25, -0.2) is 4.79 Å². The van der Waals surface area contributed by atoms with Crippen LogP contribution in [0.4, 0.5) is 0 Å². The number of benzene rings is 1. The van der Waals surface area contributed by atoms with Crippen molar-refractivity contribution in [2.24, 2.45) is 0 Å². The van der Waals surface area contributed by atoms with Crippen LogP contribution in [-0.4, -0.2) is 32.1 Å². The van der Waals surface area contributed by atoms with Crippen LogP contribution in [0.1, 0.15) is 67.8 Å². The molecule has 0 aliphatic rings. The summed E-state index contributed by atoms with van der Waals surface area (Å²) >= 11 is 0. The highest BCUT2D eigenvalue weighted by atomic mass is 16.5. The number of unbranched alkanes of at least 4 members (excludes halogenated alkanes) is 2. The molecule has 0 aliphatic heterocycles. The average molecular weight is 320 g/mol. The van der Waals surface area contributed by atoms with Gasteiger partial charge in [-0.1, -0.05) is 25.0 Å². The van der Waals surface area contributed by atoms with Crippen molar-refractivity contribution < 1.29 is 19.1 Å². The van der Waals surface area contributed by atoms with E-state index in [1.165, 1.54) is 7.11 Å². The number of rotatable bonds is 11. The second kappa shape index (κ2) is 10.9. The molecule has 1 unspecified atom stereocenters. The molecule has 1 aromatic rings. The zero-order chi connectivity index (χ0) is 17.1. The van der Waals surface area contributed by atoms with E-state index in [0.717, 1.165) is 44.1 Å². The molecule has 0 spiro atoms. The van der Waals surface area contributed by atoms with Gasteiger partial charge in [0.15, 0.2) is 0 Å². The van der Waals surface area contributed by atoms with Gasteiger partial charge in [0.1, 0.15) is 6.29 Å². The topological polar surface area (TPSA) is 52.6 Å². The van der Waals surface area contributed by atoms with E-state index < -0.39 is 0 Å². The summed E-state index contributed by atoms with van der Waals surface area (Å²) in [5.41, 5.74) is 1.63. The number of ether oxygens (including phenoxy) is 2. The van der Waals surface area contributed by atoms with Crippen molar-refractivity contribution in [3.05, 3.63) is 35.4 Å². The van der Waals surface area contributed by atoms with Crippen LogP contribution in [0.3, 0.4) is 0 Å². The van der Waals surface area contributed by atoms with E-state index in [0.29, 0.717) is 12.0 Å². The molecule has 23 heavy (non-hydrogen) atoms. The molecule has 4 heteroatoms. The van der Waals surface area contributed by atoms with Crippen molar-refractivity contribution in [1.82, 2.24) is 0 Å². The first kappa shape index (κ1) is 19.4. The molecular formula is C19H28O4. The second-order valence-electron chi connectivity index (χ2n) is 5.98. The van der Waals surface area contributed by atoms with Gasteiger partial charge in [-0.05, 0) is 50.3 Å². The molecule has 0 bridgehead atoms. The molecule has 0 radical (unpaired) electrons. The van der Waals surface area contributed by atoms with Crippen LogP contribution in [0.2, 0.25) is 0 Å². The van der Waals surface area contributed by atoms with Crippen LogP contribution in [-0.2, 0) is 14.3 Å². The third-order valence-electron chi connectivity index (χ3n) is 3.83. The number of methoxy groups -OCH3 is 1. The van der Waals surface area contributed by atoms with Gasteiger partial charge >= 0.3 is 5.97 Å². The smallest absolute Gasteiger partial charge is 0.337 e. The fourth-order valence-corrected chi connectivity index (χ4v) is 2.53. The maximum atomic E-state index is 11.5. The van der Waals surface area contributed by atoms with Crippen molar-refractivity contribution in [3.8, 4) is 0 Å². The minimum atomic E-state index is -0.339. The maximum absolute atomic E-state index is 11.5. The van der Waals surface area contributed by atoms with Gasteiger partial charge in [0.05, 0.1) is 18.8 Å². The number of carbonyl (C=O) groups is 2. The Labute approximate surface area is 139 Å². The van der Waals surface area contributed by atoms with Crippen LogP contribution in [0, 0.1) is 0 Å². The Morgan fingerprint density at radius 3 is 2.39 bits per heavy atom. The summed E-state index contributed by atoms with van der Waals surface area (Å²) in [6.45, 7) is 4.88. The van der Waals surface area contributed by atoms with Crippen molar-refractivity contribution in [2.75, 3.05) is 13.7 Å². The summed E-state index contributed by atoms with van der Waals surface area (Å²) in [7, 11) is 1.37. The fraction of sp³-hybridized carbons (Fsp3) is 0.579. The monoisotopic (exact) mass is 320 g/mol. The molecule has 0 aromatic heterocycles. The number of esters is 1. The van der Waals surface area contributed by atoms with Crippen LogP contribution < -0.4 is 0 Å². The normalized spacial score (nSPS) is 12.2. The molecule has 0 amide bonds. The molecule has 1 aromatic carbocycles. The van der Waals surface area contributed by atoms with Crippen molar-refractivity contribution >= 4 is 12.3 Å². The molecule has 0 saturated heterocycles. The lowest BCUT2D eigenvalue weighted by atomic mass is 9.90. The summed E-state index contributed by atoms with van der Waals surface area (Å²) in [5, 5.41) is 0. The zero-order valence-corrected chi connectivity index (χ0v) is 14.4. The highest BCUT2D eigenvalue weighted by Crippen LogP contribution is 2.25. The van der Waals surface area contributed by atoms with E-state index in [2.05, 4.69) is 0 Å². The lowest BCUT2D eigenvalue weighted by Gasteiger charge is -2.15. The Balaban J connectivity index is 2.47. The molecule has 0 fully saturated rings. The predicted molar refractivity (Wildman–Crippen MR) is 90.8 cm³/mol. The Hall–Kier alpha value is -1.68. The minimum absolute atomic E-state index is 0.213. The molecule has 0 heterocycles. The first-order valence-corrected chi connectivity index (χ1v) is 8.32. The zero-order valence-electron chi connectivity index (χ0n) is 14.4. The van der Waals surface area contributed by atoms with E-state index in [1.807, 2.05) is 26.0 Å².